The van der Waals surface area contributed by atoms with Crippen molar-refractivity contribution in [1.82, 2.24) is 5.32 Å². The van der Waals surface area contributed by atoms with Crippen molar-refractivity contribution in [2.24, 2.45) is 0 Å². The maximum atomic E-state index is 12.5. The number of para-hydroxylation sites is 1. The van der Waals surface area contributed by atoms with Gasteiger partial charge in [0, 0.05) is 18.8 Å². The van der Waals surface area contributed by atoms with Crippen LogP contribution in [0.3, 0.4) is 0 Å². The number of rotatable bonds is 7. The van der Waals surface area contributed by atoms with E-state index in [2.05, 4.69) is 34.5 Å². The van der Waals surface area contributed by atoms with Crippen LogP contribution in [0.15, 0.2) is 89.5 Å². The van der Waals surface area contributed by atoms with Gasteiger partial charge in [-0.3, -0.25) is 4.79 Å². The molecule has 0 saturated heterocycles. The van der Waals surface area contributed by atoms with Crippen LogP contribution in [0.5, 0.6) is 5.75 Å². The predicted molar refractivity (Wildman–Crippen MR) is 121 cm³/mol. The molecule has 5 nitrogen and oxygen atoms in total. The second-order valence-corrected chi connectivity index (χ2v) is 7.71. The minimum absolute atomic E-state index is 0.0280. The van der Waals surface area contributed by atoms with Crippen molar-refractivity contribution in [2.75, 3.05) is 24.6 Å². The van der Waals surface area contributed by atoms with Crippen molar-refractivity contribution in [1.29, 1.82) is 0 Å². The number of anilines is 1. The van der Waals surface area contributed by atoms with Gasteiger partial charge in [-0.2, -0.15) is 0 Å². The van der Waals surface area contributed by atoms with Crippen molar-refractivity contribution in [3.63, 3.8) is 0 Å². The van der Waals surface area contributed by atoms with E-state index in [0.29, 0.717) is 12.3 Å². The third-order valence-corrected chi connectivity index (χ3v) is 5.75. The van der Waals surface area contributed by atoms with Gasteiger partial charge >= 0.3 is 0 Å². The molecule has 0 spiro atoms. The lowest BCUT2D eigenvalue weighted by molar-refractivity contribution is -0.123. The van der Waals surface area contributed by atoms with E-state index < -0.39 is 0 Å². The largest absolute Gasteiger partial charge is 0.484 e. The van der Waals surface area contributed by atoms with Crippen molar-refractivity contribution in [2.45, 2.75) is 12.5 Å². The summed E-state index contributed by atoms with van der Waals surface area (Å²) in [5.41, 5.74) is 2.52. The Morgan fingerprint density at radius 2 is 1.84 bits per heavy atom. The summed E-state index contributed by atoms with van der Waals surface area (Å²) in [6.07, 6.45) is 2.67. The first-order valence-electron chi connectivity index (χ1n) is 10.5. The topological polar surface area (TPSA) is 54.7 Å². The number of furan rings is 1. The Balaban J connectivity index is 1.23. The van der Waals surface area contributed by atoms with E-state index in [-0.39, 0.29) is 18.6 Å². The smallest absolute Gasteiger partial charge is 0.258 e. The van der Waals surface area contributed by atoms with Crippen LogP contribution in [0.25, 0.3) is 10.8 Å². The molecule has 31 heavy (non-hydrogen) atoms. The number of nitrogens with zero attached hydrogens (tertiary/aromatic N) is 1. The predicted octanol–water partition coefficient (Wildman–Crippen LogP) is 4.73. The quantitative estimate of drug-likeness (QED) is 0.477. The molecule has 156 valence electrons. The van der Waals surface area contributed by atoms with E-state index in [1.807, 2.05) is 54.6 Å². The van der Waals surface area contributed by atoms with Crippen LogP contribution in [0.2, 0.25) is 0 Å². The lowest BCUT2D eigenvalue weighted by Gasteiger charge is -2.29. The van der Waals surface area contributed by atoms with Gasteiger partial charge in [0.05, 0.1) is 6.26 Å². The molecule has 0 fully saturated rings. The fraction of sp³-hybridized carbons (Fsp3) is 0.192. The Kier molecular flexibility index (Phi) is 5.31. The summed E-state index contributed by atoms with van der Waals surface area (Å²) < 4.78 is 11.4. The summed E-state index contributed by atoms with van der Waals surface area (Å²) in [4.78, 5) is 14.8. The zero-order chi connectivity index (χ0) is 21.0. The molecule has 1 N–H and O–H groups in total. The van der Waals surface area contributed by atoms with Gasteiger partial charge in [0.25, 0.3) is 5.91 Å². The molecular weight excluding hydrogens is 388 g/mol. The second kappa shape index (κ2) is 8.56. The van der Waals surface area contributed by atoms with E-state index in [1.165, 1.54) is 11.3 Å². The maximum absolute atomic E-state index is 12.5. The van der Waals surface area contributed by atoms with Gasteiger partial charge in [-0.25, -0.2) is 0 Å². The summed E-state index contributed by atoms with van der Waals surface area (Å²) in [5, 5.41) is 5.25. The molecule has 5 rings (SSSR count). The number of nitrogens with one attached hydrogen (secondary N) is 1. The van der Waals surface area contributed by atoms with Gasteiger partial charge in [0.2, 0.25) is 0 Å². The monoisotopic (exact) mass is 412 g/mol. The standard InChI is InChI=1S/C26H24N2O3/c29-26(18-31-22-12-11-19-6-1-2-8-21(19)16-22)27-17-24(25-10-5-15-30-25)28-14-13-20-7-3-4-9-23(20)28/h1-12,15-16,24H,13-14,17-18H2,(H,27,29)/t24-/m0/s1. The van der Waals surface area contributed by atoms with Crippen LogP contribution in [-0.4, -0.2) is 25.6 Å². The molecule has 1 aliphatic rings. The van der Waals surface area contributed by atoms with E-state index in [4.69, 9.17) is 9.15 Å². The van der Waals surface area contributed by atoms with E-state index in [0.717, 1.165) is 29.5 Å². The van der Waals surface area contributed by atoms with Crippen LogP contribution in [0.1, 0.15) is 17.4 Å². The van der Waals surface area contributed by atoms with Crippen molar-refractivity contribution >= 4 is 22.4 Å². The third-order valence-electron chi connectivity index (χ3n) is 5.75. The summed E-state index contributed by atoms with van der Waals surface area (Å²) in [6, 6.07) is 26.1. The molecule has 0 radical (unpaired) electrons. The molecule has 0 saturated carbocycles. The van der Waals surface area contributed by atoms with Crippen LogP contribution >= 0.6 is 0 Å². The van der Waals surface area contributed by atoms with Gasteiger partial charge in [-0.15, -0.1) is 0 Å². The van der Waals surface area contributed by atoms with Crippen LogP contribution in [-0.2, 0) is 11.2 Å². The second-order valence-electron chi connectivity index (χ2n) is 7.71. The van der Waals surface area contributed by atoms with E-state index in [9.17, 15) is 4.79 Å². The molecule has 4 aromatic rings. The van der Waals surface area contributed by atoms with Gasteiger partial charge in [0.1, 0.15) is 17.6 Å². The molecular formula is C26H24N2O3. The first kappa shape index (κ1) is 19.2. The zero-order valence-corrected chi connectivity index (χ0v) is 17.2. The highest BCUT2D eigenvalue weighted by Gasteiger charge is 2.29. The van der Waals surface area contributed by atoms with Gasteiger partial charge < -0.3 is 19.4 Å². The average molecular weight is 412 g/mol. The molecule has 3 aromatic carbocycles. The van der Waals surface area contributed by atoms with Crippen LogP contribution < -0.4 is 15.0 Å². The summed E-state index contributed by atoms with van der Waals surface area (Å²) in [6.45, 7) is 1.32. The highest BCUT2D eigenvalue weighted by molar-refractivity contribution is 5.84. The molecule has 1 aliphatic heterocycles. The Hall–Kier alpha value is -3.73. The Labute approximate surface area is 181 Å². The minimum Gasteiger partial charge on any atom is -0.484 e. The van der Waals surface area contributed by atoms with E-state index >= 15 is 0 Å². The summed E-state index contributed by atoms with van der Waals surface area (Å²) >= 11 is 0. The number of benzene rings is 3. The van der Waals surface area contributed by atoms with Crippen LogP contribution in [0, 0.1) is 0 Å². The van der Waals surface area contributed by atoms with Crippen molar-refractivity contribution in [3.8, 4) is 5.75 Å². The number of carbonyl (C=O) groups excluding carboxylic acids is 1. The first-order chi connectivity index (χ1) is 15.3. The number of ether oxygens (including phenoxy) is 1. The number of fused-ring (bicyclic) bond motifs is 2. The Morgan fingerprint density at radius 1 is 1.00 bits per heavy atom. The summed E-state index contributed by atoms with van der Waals surface area (Å²) in [7, 11) is 0. The molecule has 5 heteroatoms. The average Bonchev–Trinajstić information content (AvgIpc) is 3.49. The normalized spacial score (nSPS) is 13.7. The molecule has 1 atom stereocenters. The maximum Gasteiger partial charge on any atom is 0.258 e. The molecule has 0 bridgehead atoms. The Morgan fingerprint density at radius 3 is 2.71 bits per heavy atom. The number of carbonyl (C=O) groups is 1. The fourth-order valence-corrected chi connectivity index (χ4v) is 4.20. The van der Waals surface area contributed by atoms with Gasteiger partial charge in [-0.05, 0) is 53.1 Å². The van der Waals surface area contributed by atoms with Crippen molar-refractivity contribution in [3.05, 3.63) is 96.4 Å². The van der Waals surface area contributed by atoms with Crippen molar-refractivity contribution < 1.29 is 13.9 Å². The fourth-order valence-electron chi connectivity index (χ4n) is 4.20. The molecule has 1 amide bonds. The van der Waals surface area contributed by atoms with Gasteiger partial charge in [-0.1, -0.05) is 48.5 Å². The molecule has 0 aliphatic carbocycles. The highest BCUT2D eigenvalue weighted by atomic mass is 16.5. The molecule has 1 aromatic heterocycles. The minimum atomic E-state index is -0.155. The number of hydrogen-bond acceptors (Lipinski definition) is 4. The highest BCUT2D eigenvalue weighted by Crippen LogP contribution is 2.35. The lowest BCUT2D eigenvalue weighted by Crippen LogP contribution is -2.39. The van der Waals surface area contributed by atoms with Gasteiger partial charge in [0.15, 0.2) is 6.61 Å². The molecule has 0 unspecified atom stereocenters. The third kappa shape index (κ3) is 4.12. The van der Waals surface area contributed by atoms with E-state index in [1.54, 1.807) is 6.26 Å². The lowest BCUT2D eigenvalue weighted by atomic mass is 10.1. The first-order valence-corrected chi connectivity index (χ1v) is 10.5. The zero-order valence-electron chi connectivity index (χ0n) is 17.2. The molecule has 2 heterocycles. The SMILES string of the molecule is O=C(COc1ccc2ccccc2c1)NC[C@@H](c1ccco1)N1CCc2ccccc21. The summed E-state index contributed by atoms with van der Waals surface area (Å²) in [5.74, 6) is 1.37. The van der Waals surface area contributed by atoms with Crippen LogP contribution in [0.4, 0.5) is 5.69 Å². The number of hydrogen-bond donors (Lipinski definition) is 1. The number of amides is 1. The Bertz CT molecular complexity index is 1190.